The van der Waals surface area contributed by atoms with Crippen molar-refractivity contribution in [1.29, 1.82) is 0 Å². The molecule has 0 bridgehead atoms. The van der Waals surface area contributed by atoms with Crippen molar-refractivity contribution in [2.45, 2.75) is 45.8 Å². The number of ether oxygens (including phenoxy) is 1. The molecule has 1 rings (SSSR count). The van der Waals surface area contributed by atoms with Gasteiger partial charge in [-0.2, -0.15) is 4.98 Å². The van der Waals surface area contributed by atoms with Gasteiger partial charge in [-0.25, -0.2) is 0 Å². The van der Waals surface area contributed by atoms with Crippen LogP contribution in [0.1, 0.15) is 45.0 Å². The highest BCUT2D eigenvalue weighted by atomic mass is 16.5. The van der Waals surface area contributed by atoms with Crippen molar-refractivity contribution in [2.24, 2.45) is 0 Å². The Kier molecular flexibility index (Phi) is 5.42. The van der Waals surface area contributed by atoms with Gasteiger partial charge in [-0.15, -0.1) is 0 Å². The Morgan fingerprint density at radius 2 is 2.19 bits per heavy atom. The molecule has 2 atom stereocenters. The average molecular weight is 227 g/mol. The Bertz CT molecular complexity index is 301. The van der Waals surface area contributed by atoms with Crippen LogP contribution >= 0.6 is 0 Å². The molecule has 0 amide bonds. The van der Waals surface area contributed by atoms with E-state index in [1.165, 1.54) is 0 Å². The van der Waals surface area contributed by atoms with E-state index in [0.717, 1.165) is 12.8 Å². The number of aromatic nitrogens is 2. The van der Waals surface area contributed by atoms with Crippen LogP contribution < -0.4 is 5.32 Å². The molecule has 0 radical (unpaired) electrons. The van der Waals surface area contributed by atoms with Gasteiger partial charge in [-0.1, -0.05) is 12.1 Å². The van der Waals surface area contributed by atoms with Crippen LogP contribution in [0.25, 0.3) is 0 Å². The monoisotopic (exact) mass is 227 g/mol. The Morgan fingerprint density at radius 3 is 2.75 bits per heavy atom. The normalized spacial score (nSPS) is 15.0. The molecule has 92 valence electrons. The number of hydrogen-bond acceptors (Lipinski definition) is 5. The second kappa shape index (κ2) is 6.60. The predicted molar refractivity (Wildman–Crippen MR) is 61.2 cm³/mol. The molecule has 0 aromatic carbocycles. The lowest BCUT2D eigenvalue weighted by Crippen LogP contribution is -2.23. The van der Waals surface area contributed by atoms with Crippen molar-refractivity contribution in [3.05, 3.63) is 11.7 Å². The van der Waals surface area contributed by atoms with Gasteiger partial charge in [-0.05, 0) is 27.3 Å². The lowest BCUT2D eigenvalue weighted by Gasteiger charge is -2.09. The minimum absolute atomic E-state index is 0.0487. The fraction of sp³-hybridized carbons (Fsp3) is 0.818. The lowest BCUT2D eigenvalue weighted by atomic mass is 10.2. The van der Waals surface area contributed by atoms with Crippen LogP contribution in [0.2, 0.25) is 0 Å². The first-order valence-electron chi connectivity index (χ1n) is 5.82. The van der Waals surface area contributed by atoms with Crippen molar-refractivity contribution in [3.63, 3.8) is 0 Å². The van der Waals surface area contributed by atoms with Gasteiger partial charge in [0.25, 0.3) is 0 Å². The molecule has 1 N–H and O–H groups in total. The second-order valence-electron chi connectivity index (χ2n) is 3.79. The summed E-state index contributed by atoms with van der Waals surface area (Å²) in [6.07, 6.45) is 1.55. The highest BCUT2D eigenvalue weighted by Crippen LogP contribution is 2.17. The highest BCUT2D eigenvalue weighted by molar-refractivity contribution is 4.92. The third kappa shape index (κ3) is 3.57. The van der Waals surface area contributed by atoms with Gasteiger partial charge in [0, 0.05) is 19.1 Å². The third-order valence-electron chi connectivity index (χ3n) is 2.48. The SMILES string of the molecule is CCOC(CC)c1noc(CC(C)NC)n1. The van der Waals surface area contributed by atoms with Crippen molar-refractivity contribution in [3.8, 4) is 0 Å². The van der Waals surface area contributed by atoms with Gasteiger partial charge in [0.15, 0.2) is 0 Å². The summed E-state index contributed by atoms with van der Waals surface area (Å²) in [4.78, 5) is 4.35. The quantitative estimate of drug-likeness (QED) is 0.768. The average Bonchev–Trinajstić information content (AvgIpc) is 2.74. The fourth-order valence-corrected chi connectivity index (χ4v) is 1.42. The smallest absolute Gasteiger partial charge is 0.228 e. The number of nitrogens with zero attached hydrogens (tertiary/aromatic N) is 2. The molecular weight excluding hydrogens is 206 g/mol. The van der Waals surface area contributed by atoms with Gasteiger partial charge in [-0.3, -0.25) is 0 Å². The Labute approximate surface area is 96.6 Å². The third-order valence-corrected chi connectivity index (χ3v) is 2.48. The van der Waals surface area contributed by atoms with Crippen molar-refractivity contribution in [1.82, 2.24) is 15.5 Å². The number of rotatable bonds is 7. The van der Waals surface area contributed by atoms with E-state index in [4.69, 9.17) is 9.26 Å². The maximum atomic E-state index is 5.52. The molecular formula is C11H21N3O2. The van der Waals surface area contributed by atoms with E-state index in [1.807, 2.05) is 20.9 Å². The topological polar surface area (TPSA) is 60.2 Å². The molecule has 2 unspecified atom stereocenters. The minimum Gasteiger partial charge on any atom is -0.370 e. The van der Waals surface area contributed by atoms with E-state index in [2.05, 4.69) is 22.4 Å². The van der Waals surface area contributed by atoms with Crippen LogP contribution in [0.15, 0.2) is 4.52 Å². The van der Waals surface area contributed by atoms with Crippen LogP contribution in [0, 0.1) is 0 Å². The molecule has 0 aliphatic carbocycles. The van der Waals surface area contributed by atoms with E-state index in [0.29, 0.717) is 24.4 Å². The molecule has 0 aliphatic rings. The van der Waals surface area contributed by atoms with E-state index in [1.54, 1.807) is 0 Å². The van der Waals surface area contributed by atoms with Gasteiger partial charge >= 0.3 is 0 Å². The van der Waals surface area contributed by atoms with Crippen LogP contribution in [-0.2, 0) is 11.2 Å². The molecule has 16 heavy (non-hydrogen) atoms. The summed E-state index contributed by atoms with van der Waals surface area (Å²) in [5.74, 6) is 1.32. The summed E-state index contributed by atoms with van der Waals surface area (Å²) in [6, 6.07) is 0.334. The van der Waals surface area contributed by atoms with Crippen molar-refractivity contribution >= 4 is 0 Å². The summed E-state index contributed by atoms with van der Waals surface area (Å²) < 4.78 is 10.7. The summed E-state index contributed by atoms with van der Waals surface area (Å²) in [5, 5.41) is 7.09. The number of hydrogen-bond donors (Lipinski definition) is 1. The maximum Gasteiger partial charge on any atom is 0.228 e. The van der Waals surface area contributed by atoms with Gasteiger partial charge in [0.1, 0.15) is 6.10 Å². The summed E-state index contributed by atoms with van der Waals surface area (Å²) in [5.41, 5.74) is 0. The van der Waals surface area contributed by atoms with Gasteiger partial charge in [0.05, 0.1) is 0 Å². The largest absolute Gasteiger partial charge is 0.370 e. The number of nitrogens with one attached hydrogen (secondary N) is 1. The number of likely N-dealkylation sites (N-methyl/N-ethyl adjacent to an activating group) is 1. The fourth-order valence-electron chi connectivity index (χ4n) is 1.42. The summed E-state index contributed by atoms with van der Waals surface area (Å²) in [7, 11) is 1.91. The molecule has 5 nitrogen and oxygen atoms in total. The zero-order chi connectivity index (χ0) is 12.0. The minimum atomic E-state index is -0.0487. The van der Waals surface area contributed by atoms with Gasteiger partial charge in [0.2, 0.25) is 11.7 Å². The molecule has 1 heterocycles. The first-order chi connectivity index (χ1) is 7.71. The Morgan fingerprint density at radius 1 is 1.44 bits per heavy atom. The van der Waals surface area contributed by atoms with E-state index in [9.17, 15) is 0 Å². The van der Waals surface area contributed by atoms with E-state index < -0.39 is 0 Å². The molecule has 0 saturated heterocycles. The Balaban J connectivity index is 2.62. The first kappa shape index (κ1) is 13.1. The van der Waals surface area contributed by atoms with Crippen molar-refractivity contribution < 1.29 is 9.26 Å². The molecule has 1 aromatic rings. The summed E-state index contributed by atoms with van der Waals surface area (Å²) in [6.45, 7) is 6.75. The predicted octanol–water partition coefficient (Wildman–Crippen LogP) is 1.71. The van der Waals surface area contributed by atoms with Crippen LogP contribution in [0.5, 0.6) is 0 Å². The molecule has 0 spiro atoms. The van der Waals surface area contributed by atoms with E-state index >= 15 is 0 Å². The highest BCUT2D eigenvalue weighted by Gasteiger charge is 2.17. The van der Waals surface area contributed by atoms with E-state index in [-0.39, 0.29) is 6.10 Å². The molecule has 0 aliphatic heterocycles. The van der Waals surface area contributed by atoms with Crippen LogP contribution in [0.3, 0.4) is 0 Å². The Hall–Kier alpha value is -0.940. The van der Waals surface area contributed by atoms with Crippen molar-refractivity contribution in [2.75, 3.05) is 13.7 Å². The molecule has 1 aromatic heterocycles. The molecule has 0 fully saturated rings. The molecule has 0 saturated carbocycles. The zero-order valence-electron chi connectivity index (χ0n) is 10.5. The summed E-state index contributed by atoms with van der Waals surface area (Å²) >= 11 is 0. The lowest BCUT2D eigenvalue weighted by molar-refractivity contribution is 0.0518. The maximum absolute atomic E-state index is 5.52. The zero-order valence-corrected chi connectivity index (χ0v) is 10.5. The second-order valence-corrected chi connectivity index (χ2v) is 3.79. The van der Waals surface area contributed by atoms with Crippen LogP contribution in [-0.4, -0.2) is 29.8 Å². The first-order valence-corrected chi connectivity index (χ1v) is 5.82. The standard InChI is InChI=1S/C11H21N3O2/c1-5-9(15-6-2)11-13-10(16-14-11)7-8(3)12-4/h8-9,12H,5-7H2,1-4H3. The van der Waals surface area contributed by atoms with Crippen LogP contribution in [0.4, 0.5) is 0 Å². The molecule has 5 heteroatoms. The van der Waals surface area contributed by atoms with Gasteiger partial charge < -0.3 is 14.6 Å².